The summed E-state index contributed by atoms with van der Waals surface area (Å²) < 4.78 is 5.06. The second kappa shape index (κ2) is 4.24. The number of ketones is 1. The molecular weight excluding hydrogens is 176 g/mol. The van der Waals surface area contributed by atoms with Gasteiger partial charge in [0.2, 0.25) is 0 Å². The van der Waals surface area contributed by atoms with Crippen molar-refractivity contribution in [3.63, 3.8) is 0 Å². The van der Waals surface area contributed by atoms with E-state index in [2.05, 4.69) is 6.92 Å². The third kappa shape index (κ3) is 2.76. The quantitative estimate of drug-likeness (QED) is 0.620. The van der Waals surface area contributed by atoms with E-state index >= 15 is 0 Å². The molecular formula is C9H15ClO2. The van der Waals surface area contributed by atoms with Crippen LogP contribution in [0.1, 0.15) is 26.2 Å². The van der Waals surface area contributed by atoms with Crippen molar-refractivity contribution in [2.24, 2.45) is 5.41 Å². The summed E-state index contributed by atoms with van der Waals surface area (Å²) in [4.78, 5) is 11.3. The van der Waals surface area contributed by atoms with Gasteiger partial charge in [0.05, 0.1) is 13.2 Å². The molecule has 1 saturated heterocycles. The molecule has 0 spiro atoms. The van der Waals surface area contributed by atoms with E-state index in [9.17, 15) is 4.79 Å². The monoisotopic (exact) mass is 190 g/mol. The van der Waals surface area contributed by atoms with Crippen LogP contribution >= 0.6 is 11.6 Å². The molecule has 1 aliphatic heterocycles. The molecule has 0 amide bonds. The summed E-state index contributed by atoms with van der Waals surface area (Å²) in [6.07, 6.45) is 2.08. The molecule has 0 aromatic carbocycles. The first-order chi connectivity index (χ1) is 5.66. The molecule has 0 N–H and O–H groups in total. The van der Waals surface area contributed by atoms with Gasteiger partial charge in [0.15, 0.2) is 0 Å². The average molecular weight is 191 g/mol. The number of hydrogen-bond acceptors (Lipinski definition) is 2. The van der Waals surface area contributed by atoms with Gasteiger partial charge in [-0.1, -0.05) is 6.92 Å². The highest BCUT2D eigenvalue weighted by Crippen LogP contribution is 2.31. The first kappa shape index (κ1) is 10.0. The molecule has 70 valence electrons. The maximum absolute atomic E-state index is 11.3. The molecule has 1 heterocycles. The molecule has 1 aliphatic rings. The summed E-state index contributed by atoms with van der Waals surface area (Å²) in [7, 11) is 0. The van der Waals surface area contributed by atoms with Gasteiger partial charge in [-0.15, -0.1) is 11.6 Å². The van der Waals surface area contributed by atoms with E-state index in [0.29, 0.717) is 24.5 Å². The van der Waals surface area contributed by atoms with Crippen molar-refractivity contribution in [1.29, 1.82) is 0 Å². The summed E-state index contributed by atoms with van der Waals surface area (Å²) >= 11 is 5.49. The van der Waals surface area contributed by atoms with Gasteiger partial charge < -0.3 is 4.74 Å². The van der Waals surface area contributed by atoms with Gasteiger partial charge >= 0.3 is 0 Å². The fourth-order valence-corrected chi connectivity index (χ4v) is 1.51. The predicted octanol–water partition coefficient (Wildman–Crippen LogP) is 2.00. The number of hydrogen-bond donors (Lipinski definition) is 0. The molecule has 0 atom stereocenters. The zero-order valence-electron chi connectivity index (χ0n) is 7.44. The zero-order chi connectivity index (χ0) is 9.03. The molecule has 2 nitrogen and oxygen atoms in total. The largest absolute Gasteiger partial charge is 0.380 e. The van der Waals surface area contributed by atoms with E-state index in [0.717, 1.165) is 19.6 Å². The lowest BCUT2D eigenvalue weighted by atomic mass is 9.82. The number of alkyl halides is 1. The number of halogens is 1. The first-order valence-electron chi connectivity index (χ1n) is 4.32. The number of rotatable bonds is 5. The first-order valence-corrected chi connectivity index (χ1v) is 4.85. The maximum Gasteiger partial charge on any atom is 0.133 e. The Kier molecular flexibility index (Phi) is 3.53. The van der Waals surface area contributed by atoms with Crippen molar-refractivity contribution in [3.05, 3.63) is 0 Å². The summed E-state index contributed by atoms with van der Waals surface area (Å²) in [6, 6.07) is 0. The minimum atomic E-state index is 0.128. The second-order valence-electron chi connectivity index (χ2n) is 3.81. The minimum Gasteiger partial charge on any atom is -0.380 e. The van der Waals surface area contributed by atoms with E-state index in [1.165, 1.54) is 0 Å². The minimum absolute atomic E-state index is 0.128. The van der Waals surface area contributed by atoms with Gasteiger partial charge in [-0.3, -0.25) is 4.79 Å². The van der Waals surface area contributed by atoms with Gasteiger partial charge in [-0.2, -0.15) is 0 Å². The highest BCUT2D eigenvalue weighted by molar-refractivity contribution is 6.17. The number of ether oxygens (including phenoxy) is 1. The van der Waals surface area contributed by atoms with Crippen LogP contribution in [0.15, 0.2) is 0 Å². The predicted molar refractivity (Wildman–Crippen MR) is 48.5 cm³/mol. The third-order valence-corrected chi connectivity index (χ3v) is 2.38. The van der Waals surface area contributed by atoms with Crippen LogP contribution in [0.4, 0.5) is 0 Å². The van der Waals surface area contributed by atoms with Crippen LogP contribution < -0.4 is 0 Å². The van der Waals surface area contributed by atoms with E-state index in [1.54, 1.807) is 0 Å². The highest BCUT2D eigenvalue weighted by Gasteiger charge is 2.34. The Bertz CT molecular complexity index is 164. The van der Waals surface area contributed by atoms with Crippen molar-refractivity contribution in [2.45, 2.75) is 26.2 Å². The molecule has 0 radical (unpaired) electrons. The summed E-state index contributed by atoms with van der Waals surface area (Å²) in [6.45, 7) is 3.56. The molecule has 0 saturated carbocycles. The van der Waals surface area contributed by atoms with Gasteiger partial charge in [0.1, 0.15) is 5.78 Å². The third-order valence-electron chi connectivity index (χ3n) is 2.11. The fraction of sp³-hybridized carbons (Fsp3) is 0.889. The Balaban J connectivity index is 2.16. The van der Waals surface area contributed by atoms with Crippen molar-refractivity contribution >= 4 is 17.4 Å². The molecule has 0 aromatic heterocycles. The molecule has 0 bridgehead atoms. The van der Waals surface area contributed by atoms with Crippen LogP contribution in [0, 0.1) is 5.41 Å². The number of carbonyl (C=O) groups excluding carboxylic acids is 1. The van der Waals surface area contributed by atoms with Gasteiger partial charge in [-0.05, 0) is 6.42 Å². The Labute approximate surface area is 78.2 Å². The lowest BCUT2D eigenvalue weighted by Gasteiger charge is -2.37. The smallest absolute Gasteiger partial charge is 0.133 e. The van der Waals surface area contributed by atoms with Crippen LogP contribution in [0.25, 0.3) is 0 Å². The molecule has 12 heavy (non-hydrogen) atoms. The van der Waals surface area contributed by atoms with Crippen LogP contribution in [-0.4, -0.2) is 24.9 Å². The van der Waals surface area contributed by atoms with Gasteiger partial charge in [-0.25, -0.2) is 0 Å². The SMILES string of the molecule is CC1(CC(=O)CCCCl)COC1. The van der Waals surface area contributed by atoms with Crippen molar-refractivity contribution in [3.8, 4) is 0 Å². The molecule has 0 unspecified atom stereocenters. The highest BCUT2D eigenvalue weighted by atomic mass is 35.5. The molecule has 0 aromatic rings. The Hall–Kier alpha value is -0.0800. The topological polar surface area (TPSA) is 26.3 Å². The van der Waals surface area contributed by atoms with Crippen molar-refractivity contribution in [1.82, 2.24) is 0 Å². The van der Waals surface area contributed by atoms with Gasteiger partial charge in [0, 0.05) is 24.1 Å². The molecule has 0 aliphatic carbocycles. The Morgan fingerprint density at radius 2 is 2.25 bits per heavy atom. The standard InChI is InChI=1S/C9H15ClO2/c1-9(6-12-7-9)5-8(11)3-2-4-10/h2-7H2,1H3. The van der Waals surface area contributed by atoms with Crippen molar-refractivity contribution < 1.29 is 9.53 Å². The van der Waals surface area contributed by atoms with Crippen LogP contribution in [0.3, 0.4) is 0 Å². The number of Topliss-reactive ketones (excluding diaryl/α,β-unsaturated/α-hetero) is 1. The van der Waals surface area contributed by atoms with E-state index in [1.807, 2.05) is 0 Å². The van der Waals surface area contributed by atoms with Crippen molar-refractivity contribution in [2.75, 3.05) is 19.1 Å². The van der Waals surface area contributed by atoms with Crippen LogP contribution in [0.5, 0.6) is 0 Å². The Morgan fingerprint density at radius 3 is 2.67 bits per heavy atom. The lowest BCUT2D eigenvalue weighted by molar-refractivity contribution is -0.136. The molecule has 3 heteroatoms. The molecule has 1 rings (SSSR count). The summed E-state index contributed by atoms with van der Waals surface area (Å²) in [5, 5.41) is 0. The average Bonchev–Trinajstić information content (AvgIpc) is 1.98. The van der Waals surface area contributed by atoms with E-state index in [4.69, 9.17) is 16.3 Å². The van der Waals surface area contributed by atoms with Crippen LogP contribution in [-0.2, 0) is 9.53 Å². The Morgan fingerprint density at radius 1 is 1.58 bits per heavy atom. The second-order valence-corrected chi connectivity index (χ2v) is 4.19. The summed E-state index contributed by atoms with van der Waals surface area (Å²) in [5.74, 6) is 0.903. The number of carbonyl (C=O) groups is 1. The van der Waals surface area contributed by atoms with Gasteiger partial charge in [0.25, 0.3) is 0 Å². The molecule has 1 fully saturated rings. The lowest BCUT2D eigenvalue weighted by Crippen LogP contribution is -2.41. The normalized spacial score (nSPS) is 20.2. The maximum atomic E-state index is 11.3. The zero-order valence-corrected chi connectivity index (χ0v) is 8.19. The fourth-order valence-electron chi connectivity index (χ4n) is 1.38. The van der Waals surface area contributed by atoms with E-state index in [-0.39, 0.29) is 5.41 Å². The van der Waals surface area contributed by atoms with E-state index < -0.39 is 0 Å². The van der Waals surface area contributed by atoms with Crippen LogP contribution in [0.2, 0.25) is 0 Å². The summed E-state index contributed by atoms with van der Waals surface area (Å²) in [5.41, 5.74) is 0.128.